The first kappa shape index (κ1) is 13.1. The van der Waals surface area contributed by atoms with Gasteiger partial charge < -0.3 is 14.6 Å². The van der Waals surface area contributed by atoms with Gasteiger partial charge in [0.1, 0.15) is 25.1 Å². The van der Waals surface area contributed by atoms with Crippen molar-refractivity contribution >= 4 is 11.6 Å². The molecule has 0 bridgehead atoms. The van der Waals surface area contributed by atoms with E-state index in [0.717, 1.165) is 6.20 Å². The molecular formula is C14H11ClFNO3. The summed E-state index contributed by atoms with van der Waals surface area (Å²) in [5, 5.41) is 10.6. The molecule has 1 atom stereocenters. The van der Waals surface area contributed by atoms with Crippen LogP contribution in [0.3, 0.4) is 0 Å². The molecule has 20 heavy (non-hydrogen) atoms. The Labute approximate surface area is 119 Å². The monoisotopic (exact) mass is 295 g/mol. The molecule has 104 valence electrons. The van der Waals surface area contributed by atoms with Gasteiger partial charge in [0.25, 0.3) is 0 Å². The molecule has 0 radical (unpaired) electrons. The third-order valence-corrected chi connectivity index (χ3v) is 3.26. The van der Waals surface area contributed by atoms with Crippen LogP contribution in [0.25, 0.3) is 0 Å². The number of fused-ring (bicyclic) bond motifs is 1. The van der Waals surface area contributed by atoms with E-state index in [4.69, 9.17) is 21.1 Å². The van der Waals surface area contributed by atoms with Crippen molar-refractivity contribution in [2.75, 3.05) is 13.2 Å². The first-order valence-corrected chi connectivity index (χ1v) is 6.40. The summed E-state index contributed by atoms with van der Waals surface area (Å²) in [6, 6.07) is 4.43. The van der Waals surface area contributed by atoms with Crippen LogP contribution in [0.1, 0.15) is 17.2 Å². The number of aromatic nitrogens is 1. The second-order valence-corrected chi connectivity index (χ2v) is 4.77. The highest BCUT2D eigenvalue weighted by atomic mass is 35.5. The van der Waals surface area contributed by atoms with Gasteiger partial charge in [0, 0.05) is 11.8 Å². The highest BCUT2D eigenvalue weighted by Gasteiger charge is 2.20. The molecule has 3 rings (SSSR count). The van der Waals surface area contributed by atoms with Gasteiger partial charge in [-0.3, -0.25) is 4.98 Å². The van der Waals surface area contributed by atoms with E-state index < -0.39 is 11.9 Å². The number of rotatable bonds is 2. The Morgan fingerprint density at radius 2 is 1.95 bits per heavy atom. The van der Waals surface area contributed by atoms with Gasteiger partial charge in [-0.1, -0.05) is 11.6 Å². The van der Waals surface area contributed by atoms with E-state index in [-0.39, 0.29) is 0 Å². The summed E-state index contributed by atoms with van der Waals surface area (Å²) < 4.78 is 24.0. The van der Waals surface area contributed by atoms with Gasteiger partial charge in [-0.25, -0.2) is 4.39 Å². The lowest BCUT2D eigenvalue weighted by atomic mass is 10.0. The lowest BCUT2D eigenvalue weighted by Gasteiger charge is -2.21. The van der Waals surface area contributed by atoms with Crippen LogP contribution in [0.5, 0.6) is 11.5 Å². The van der Waals surface area contributed by atoms with Crippen molar-refractivity contribution in [3.8, 4) is 11.5 Å². The molecule has 1 N–H and O–H groups in total. The molecule has 0 spiro atoms. The molecule has 2 heterocycles. The van der Waals surface area contributed by atoms with E-state index in [1.54, 1.807) is 12.1 Å². The minimum absolute atomic E-state index is 0.345. The first-order chi connectivity index (χ1) is 9.65. The molecule has 1 unspecified atom stereocenters. The molecule has 0 fully saturated rings. The number of pyridine rings is 1. The molecule has 1 aliphatic rings. The van der Waals surface area contributed by atoms with Crippen LogP contribution in [-0.2, 0) is 0 Å². The average Bonchev–Trinajstić information content (AvgIpc) is 2.46. The fraction of sp³-hybridized carbons (Fsp3) is 0.214. The maximum absolute atomic E-state index is 13.2. The van der Waals surface area contributed by atoms with Crippen molar-refractivity contribution in [2.45, 2.75) is 6.10 Å². The molecule has 6 heteroatoms. The maximum atomic E-state index is 13.2. The number of hydrogen-bond donors (Lipinski definition) is 1. The molecule has 0 saturated heterocycles. The summed E-state index contributed by atoms with van der Waals surface area (Å²) >= 11 is 6.10. The second-order valence-electron chi connectivity index (χ2n) is 4.37. The Kier molecular flexibility index (Phi) is 3.46. The van der Waals surface area contributed by atoms with Crippen LogP contribution in [0.2, 0.25) is 5.02 Å². The zero-order valence-electron chi connectivity index (χ0n) is 10.3. The summed E-state index contributed by atoms with van der Waals surface area (Å²) in [7, 11) is 0. The van der Waals surface area contributed by atoms with Gasteiger partial charge in [-0.2, -0.15) is 0 Å². The highest BCUT2D eigenvalue weighted by Crippen LogP contribution is 2.40. The molecule has 4 nitrogen and oxygen atoms in total. The first-order valence-electron chi connectivity index (χ1n) is 6.02. The molecular weight excluding hydrogens is 285 g/mol. The average molecular weight is 296 g/mol. The maximum Gasteiger partial charge on any atom is 0.179 e. The number of ether oxygens (including phenoxy) is 2. The third kappa shape index (κ3) is 2.42. The lowest BCUT2D eigenvalue weighted by molar-refractivity contribution is 0.170. The Bertz CT molecular complexity index is 650. The van der Waals surface area contributed by atoms with E-state index in [9.17, 15) is 9.50 Å². The number of aliphatic hydroxyl groups is 1. The number of hydrogen-bond acceptors (Lipinski definition) is 4. The zero-order valence-corrected chi connectivity index (χ0v) is 11.1. The summed E-state index contributed by atoms with van der Waals surface area (Å²) in [5.74, 6) is 0.429. The summed E-state index contributed by atoms with van der Waals surface area (Å²) in [5.41, 5.74) is 0.837. The van der Waals surface area contributed by atoms with Crippen molar-refractivity contribution in [3.05, 3.63) is 52.6 Å². The smallest absolute Gasteiger partial charge is 0.179 e. The molecule has 0 saturated carbocycles. The van der Waals surface area contributed by atoms with E-state index in [1.807, 2.05) is 0 Å². The zero-order chi connectivity index (χ0) is 14.1. The fourth-order valence-electron chi connectivity index (χ4n) is 2.06. The van der Waals surface area contributed by atoms with Crippen LogP contribution in [-0.4, -0.2) is 23.3 Å². The third-order valence-electron chi connectivity index (χ3n) is 2.98. The van der Waals surface area contributed by atoms with Crippen molar-refractivity contribution in [2.24, 2.45) is 0 Å². The Morgan fingerprint density at radius 1 is 1.15 bits per heavy atom. The minimum atomic E-state index is -1.04. The Balaban J connectivity index is 2.00. The van der Waals surface area contributed by atoms with Crippen molar-refractivity contribution in [3.63, 3.8) is 0 Å². The molecule has 1 aromatic carbocycles. The van der Waals surface area contributed by atoms with Crippen molar-refractivity contribution in [1.82, 2.24) is 4.98 Å². The normalized spacial score (nSPS) is 14.9. The minimum Gasteiger partial charge on any atom is -0.486 e. The van der Waals surface area contributed by atoms with Crippen LogP contribution in [0.15, 0.2) is 30.6 Å². The molecule has 0 aliphatic carbocycles. The predicted octanol–water partition coefficient (Wildman–Crippen LogP) is 2.73. The van der Waals surface area contributed by atoms with Crippen molar-refractivity contribution in [1.29, 1.82) is 0 Å². The number of halogens is 2. The molecule has 2 aromatic rings. The van der Waals surface area contributed by atoms with Gasteiger partial charge in [-0.15, -0.1) is 0 Å². The summed E-state index contributed by atoms with van der Waals surface area (Å²) in [6.07, 6.45) is 1.44. The van der Waals surface area contributed by atoms with Gasteiger partial charge in [0.15, 0.2) is 11.5 Å². The quantitative estimate of drug-likeness (QED) is 0.925. The highest BCUT2D eigenvalue weighted by molar-refractivity contribution is 6.32. The second kappa shape index (κ2) is 5.26. The number of nitrogens with zero attached hydrogens (tertiary/aromatic N) is 1. The van der Waals surface area contributed by atoms with Crippen LogP contribution in [0.4, 0.5) is 4.39 Å². The summed E-state index contributed by atoms with van der Waals surface area (Å²) in [4.78, 5) is 3.72. The van der Waals surface area contributed by atoms with Crippen LogP contribution >= 0.6 is 11.6 Å². The van der Waals surface area contributed by atoms with Gasteiger partial charge in [-0.05, 0) is 23.8 Å². The van der Waals surface area contributed by atoms with E-state index in [0.29, 0.717) is 40.9 Å². The lowest BCUT2D eigenvalue weighted by Crippen LogP contribution is -2.16. The van der Waals surface area contributed by atoms with E-state index >= 15 is 0 Å². The van der Waals surface area contributed by atoms with Crippen LogP contribution < -0.4 is 9.47 Å². The fourth-order valence-corrected chi connectivity index (χ4v) is 2.33. The summed E-state index contributed by atoms with van der Waals surface area (Å²) in [6.45, 7) is 0.854. The van der Waals surface area contributed by atoms with Gasteiger partial charge >= 0.3 is 0 Å². The predicted molar refractivity (Wildman–Crippen MR) is 70.7 cm³/mol. The van der Waals surface area contributed by atoms with E-state index in [1.165, 1.54) is 12.3 Å². The Morgan fingerprint density at radius 3 is 2.75 bits per heavy atom. The van der Waals surface area contributed by atoms with Crippen molar-refractivity contribution < 1.29 is 19.0 Å². The van der Waals surface area contributed by atoms with Gasteiger partial charge in [0.2, 0.25) is 0 Å². The number of aliphatic hydroxyl groups excluding tert-OH is 1. The van der Waals surface area contributed by atoms with Gasteiger partial charge in [0.05, 0.1) is 11.2 Å². The van der Waals surface area contributed by atoms with Crippen LogP contribution in [0, 0.1) is 5.82 Å². The molecule has 1 aromatic heterocycles. The van der Waals surface area contributed by atoms with E-state index in [2.05, 4.69) is 4.98 Å². The molecule has 1 aliphatic heterocycles. The SMILES string of the molecule is OC(c1cncc(F)c1)c1cc(Cl)c2c(c1)OCCO2. The number of benzene rings is 1. The standard InChI is InChI=1S/C14H11ClFNO3/c15-11-4-8(5-12-14(11)20-2-1-19-12)13(18)9-3-10(16)7-17-6-9/h3-7,13,18H,1-2H2. The largest absolute Gasteiger partial charge is 0.486 e. The Hall–Kier alpha value is -1.85. The topological polar surface area (TPSA) is 51.6 Å². The molecule has 0 amide bonds.